The van der Waals surface area contributed by atoms with Crippen molar-refractivity contribution >= 4 is 33.1 Å². The van der Waals surface area contributed by atoms with Crippen LogP contribution in [0.4, 0.5) is 10.1 Å². The van der Waals surface area contributed by atoms with E-state index in [1.54, 1.807) is 24.3 Å². The first-order valence-corrected chi connectivity index (χ1v) is 8.34. The zero-order valence-electron chi connectivity index (χ0n) is 12.8. The number of rotatable bonds is 5. The van der Waals surface area contributed by atoms with Gasteiger partial charge in [-0.3, -0.25) is 4.79 Å². The fourth-order valence-corrected chi connectivity index (χ4v) is 3.42. The highest BCUT2D eigenvalue weighted by Crippen LogP contribution is 2.23. The summed E-state index contributed by atoms with van der Waals surface area (Å²) in [6.45, 7) is 1.78. The lowest BCUT2D eigenvalue weighted by Gasteiger charge is -2.08. The molecule has 0 bridgehead atoms. The van der Waals surface area contributed by atoms with Crippen molar-refractivity contribution in [1.82, 2.24) is 4.98 Å². The van der Waals surface area contributed by atoms with Crippen LogP contribution in [0.3, 0.4) is 0 Å². The number of aryl methyl sites for hydroxylation is 2. The Labute approximate surface area is 138 Å². The van der Waals surface area contributed by atoms with Crippen LogP contribution in [0.1, 0.15) is 23.4 Å². The lowest BCUT2D eigenvalue weighted by atomic mass is 10.2. The quantitative estimate of drug-likeness (QED) is 0.737. The summed E-state index contributed by atoms with van der Waals surface area (Å²) < 4.78 is 14.2. The molecule has 1 N–H and O–H groups in total. The summed E-state index contributed by atoms with van der Waals surface area (Å²) in [6.07, 6.45) is 1.95. The van der Waals surface area contributed by atoms with Gasteiger partial charge in [0.05, 0.1) is 15.2 Å². The molecule has 1 heterocycles. The largest absolute Gasteiger partial charge is 0.326 e. The molecular formula is C18H17FN2OS. The smallest absolute Gasteiger partial charge is 0.224 e. The van der Waals surface area contributed by atoms with Gasteiger partial charge in [0.2, 0.25) is 5.91 Å². The second kappa shape index (κ2) is 6.87. The fraction of sp³-hybridized carbons (Fsp3) is 0.222. The van der Waals surface area contributed by atoms with Crippen LogP contribution in [0, 0.1) is 12.7 Å². The average Bonchev–Trinajstić information content (AvgIpc) is 2.93. The van der Waals surface area contributed by atoms with Gasteiger partial charge in [0, 0.05) is 12.1 Å². The summed E-state index contributed by atoms with van der Waals surface area (Å²) in [7, 11) is 0. The summed E-state index contributed by atoms with van der Waals surface area (Å²) in [6, 6.07) is 12.4. The minimum Gasteiger partial charge on any atom is -0.326 e. The normalized spacial score (nSPS) is 10.9. The Kier molecular flexibility index (Phi) is 4.67. The molecule has 3 nitrogen and oxygen atoms in total. The number of nitrogens with one attached hydrogen (secondary N) is 1. The first-order chi connectivity index (χ1) is 11.1. The summed E-state index contributed by atoms with van der Waals surface area (Å²) in [5.74, 6) is -0.350. The third-order valence-corrected chi connectivity index (χ3v) is 4.69. The van der Waals surface area contributed by atoms with Crippen LogP contribution < -0.4 is 5.32 Å². The van der Waals surface area contributed by atoms with Gasteiger partial charge in [-0.05, 0) is 55.7 Å². The van der Waals surface area contributed by atoms with E-state index < -0.39 is 0 Å². The predicted octanol–water partition coefficient (Wildman–Crippen LogP) is 4.71. The maximum Gasteiger partial charge on any atom is 0.224 e. The number of benzene rings is 2. The molecule has 0 unspecified atom stereocenters. The van der Waals surface area contributed by atoms with Crippen molar-refractivity contribution in [2.45, 2.75) is 26.2 Å². The standard InChI is InChI=1S/C18H17FN2OS/c1-12-11-13(19)9-10-14(12)20-17(22)7-4-8-18-21-15-5-2-3-6-16(15)23-18/h2-3,5-6,9-11H,4,7-8H2,1H3,(H,20,22). The number of carbonyl (C=O) groups is 1. The Bertz CT molecular complexity index is 811. The molecule has 0 aliphatic carbocycles. The van der Waals surface area contributed by atoms with Crippen molar-refractivity contribution in [1.29, 1.82) is 0 Å². The molecule has 0 aliphatic heterocycles. The Hall–Kier alpha value is -2.27. The van der Waals surface area contributed by atoms with Crippen LogP contribution in [0.25, 0.3) is 10.2 Å². The molecule has 0 radical (unpaired) electrons. The van der Waals surface area contributed by atoms with E-state index in [9.17, 15) is 9.18 Å². The summed E-state index contributed by atoms with van der Waals surface area (Å²) in [5, 5.41) is 3.88. The van der Waals surface area contributed by atoms with Gasteiger partial charge in [0.15, 0.2) is 0 Å². The van der Waals surface area contributed by atoms with E-state index in [-0.39, 0.29) is 11.7 Å². The summed E-state index contributed by atoms with van der Waals surface area (Å²) >= 11 is 1.67. The number of aromatic nitrogens is 1. The predicted molar refractivity (Wildman–Crippen MR) is 92.3 cm³/mol. The highest BCUT2D eigenvalue weighted by Gasteiger charge is 2.07. The molecule has 0 atom stereocenters. The molecule has 0 aliphatic rings. The minimum absolute atomic E-state index is 0.0548. The highest BCUT2D eigenvalue weighted by molar-refractivity contribution is 7.18. The number of para-hydroxylation sites is 1. The van der Waals surface area contributed by atoms with Gasteiger partial charge in [-0.25, -0.2) is 9.37 Å². The monoisotopic (exact) mass is 328 g/mol. The van der Waals surface area contributed by atoms with Crippen LogP contribution in [0.5, 0.6) is 0 Å². The van der Waals surface area contributed by atoms with Crippen molar-refractivity contribution in [3.05, 3.63) is 58.9 Å². The first-order valence-electron chi connectivity index (χ1n) is 7.52. The van der Waals surface area contributed by atoms with Gasteiger partial charge in [0.1, 0.15) is 5.82 Å². The Morgan fingerprint density at radius 1 is 1.26 bits per heavy atom. The molecule has 5 heteroatoms. The third kappa shape index (κ3) is 3.93. The Morgan fingerprint density at radius 2 is 2.09 bits per heavy atom. The second-order valence-corrected chi connectivity index (χ2v) is 6.55. The number of amides is 1. The van der Waals surface area contributed by atoms with Crippen molar-refractivity contribution in [2.75, 3.05) is 5.32 Å². The zero-order valence-corrected chi connectivity index (χ0v) is 13.6. The average molecular weight is 328 g/mol. The number of nitrogens with zero attached hydrogens (tertiary/aromatic N) is 1. The van der Waals surface area contributed by atoms with Crippen molar-refractivity contribution in [2.24, 2.45) is 0 Å². The number of hydrogen-bond acceptors (Lipinski definition) is 3. The highest BCUT2D eigenvalue weighted by atomic mass is 32.1. The van der Waals surface area contributed by atoms with Gasteiger partial charge in [-0.1, -0.05) is 12.1 Å². The molecule has 3 aromatic rings. The summed E-state index contributed by atoms with van der Waals surface area (Å²) in [4.78, 5) is 16.6. The van der Waals surface area contributed by atoms with Crippen molar-refractivity contribution in [3.8, 4) is 0 Å². The Morgan fingerprint density at radius 3 is 2.87 bits per heavy atom. The van der Waals surface area contributed by atoms with Gasteiger partial charge in [-0.15, -0.1) is 11.3 Å². The van der Waals surface area contributed by atoms with Gasteiger partial charge < -0.3 is 5.32 Å². The van der Waals surface area contributed by atoms with Gasteiger partial charge >= 0.3 is 0 Å². The lowest BCUT2D eigenvalue weighted by molar-refractivity contribution is -0.116. The maximum absolute atomic E-state index is 13.0. The molecule has 1 aromatic heterocycles. The molecule has 23 heavy (non-hydrogen) atoms. The Balaban J connectivity index is 1.52. The number of anilines is 1. The van der Waals surface area contributed by atoms with E-state index in [4.69, 9.17) is 0 Å². The van der Waals surface area contributed by atoms with Crippen LogP contribution in [-0.2, 0) is 11.2 Å². The number of fused-ring (bicyclic) bond motifs is 1. The molecular weight excluding hydrogens is 311 g/mol. The number of thiazole rings is 1. The van der Waals surface area contributed by atoms with Crippen LogP contribution in [0.15, 0.2) is 42.5 Å². The van der Waals surface area contributed by atoms with E-state index in [2.05, 4.69) is 16.4 Å². The maximum atomic E-state index is 13.0. The molecule has 2 aromatic carbocycles. The minimum atomic E-state index is -0.295. The topological polar surface area (TPSA) is 42.0 Å². The molecule has 118 valence electrons. The number of hydrogen-bond donors (Lipinski definition) is 1. The van der Waals surface area contributed by atoms with Gasteiger partial charge in [-0.2, -0.15) is 0 Å². The van der Waals surface area contributed by atoms with E-state index in [1.807, 2.05) is 18.2 Å². The number of halogens is 1. The second-order valence-electron chi connectivity index (χ2n) is 5.44. The zero-order chi connectivity index (χ0) is 16.2. The molecule has 0 fully saturated rings. The molecule has 3 rings (SSSR count). The van der Waals surface area contributed by atoms with E-state index >= 15 is 0 Å². The van der Waals surface area contributed by atoms with Crippen molar-refractivity contribution < 1.29 is 9.18 Å². The number of carbonyl (C=O) groups excluding carboxylic acids is 1. The van der Waals surface area contributed by atoms with Crippen LogP contribution in [0.2, 0.25) is 0 Å². The first kappa shape index (κ1) is 15.6. The van der Waals surface area contributed by atoms with Crippen molar-refractivity contribution in [3.63, 3.8) is 0 Å². The molecule has 0 saturated heterocycles. The summed E-state index contributed by atoms with van der Waals surface area (Å²) in [5.41, 5.74) is 2.40. The molecule has 0 saturated carbocycles. The SMILES string of the molecule is Cc1cc(F)ccc1NC(=O)CCCc1nc2ccccc2s1. The van der Waals surface area contributed by atoms with E-state index in [0.717, 1.165) is 28.9 Å². The third-order valence-electron chi connectivity index (χ3n) is 3.60. The lowest BCUT2D eigenvalue weighted by Crippen LogP contribution is -2.12. The van der Waals surface area contributed by atoms with E-state index in [1.165, 1.54) is 16.8 Å². The van der Waals surface area contributed by atoms with E-state index in [0.29, 0.717) is 12.1 Å². The van der Waals surface area contributed by atoms with Crippen LogP contribution >= 0.6 is 11.3 Å². The van der Waals surface area contributed by atoms with Crippen LogP contribution in [-0.4, -0.2) is 10.9 Å². The molecule has 0 spiro atoms. The molecule has 1 amide bonds. The fourth-order valence-electron chi connectivity index (χ4n) is 2.41. The van der Waals surface area contributed by atoms with Gasteiger partial charge in [0.25, 0.3) is 0 Å².